The molecule has 0 bridgehead atoms. The zero-order valence-corrected chi connectivity index (χ0v) is 17.8. The molecule has 0 aromatic heterocycles. The van der Waals surface area contributed by atoms with E-state index in [1.165, 1.54) is 4.31 Å². The molecule has 1 fully saturated rings. The van der Waals surface area contributed by atoms with Crippen LogP contribution in [0.2, 0.25) is 0 Å². The average molecular weight is 396 g/mol. The zero-order chi connectivity index (χ0) is 20.0. The maximum atomic E-state index is 12.9. The Morgan fingerprint density at radius 3 is 2.19 bits per heavy atom. The summed E-state index contributed by atoms with van der Waals surface area (Å²) in [7, 11) is -3.48. The van der Waals surface area contributed by atoms with Crippen molar-refractivity contribution in [2.75, 3.05) is 39.3 Å². The molecule has 1 aromatic rings. The van der Waals surface area contributed by atoms with E-state index in [4.69, 9.17) is 0 Å². The van der Waals surface area contributed by atoms with E-state index >= 15 is 0 Å². The molecule has 7 heteroatoms. The first kappa shape index (κ1) is 21.9. The van der Waals surface area contributed by atoms with Crippen molar-refractivity contribution in [3.63, 3.8) is 0 Å². The number of sulfonamides is 1. The standard InChI is InChI=1S/C20H33N3O3S/c1-5-17(4)18-6-8-19(9-7-18)27(25,26)23-12-10-22(11-13-23)15-20(24)21-14-16(2)3/h6-9,16-17H,5,10-15H2,1-4H3,(H,21,24)/t17-/m1/s1. The van der Waals surface area contributed by atoms with Gasteiger partial charge in [-0.05, 0) is 36.0 Å². The van der Waals surface area contributed by atoms with Crippen molar-refractivity contribution in [1.29, 1.82) is 0 Å². The summed E-state index contributed by atoms with van der Waals surface area (Å²) in [5, 5.41) is 2.90. The lowest BCUT2D eigenvalue weighted by Crippen LogP contribution is -2.51. The largest absolute Gasteiger partial charge is 0.355 e. The molecule has 0 spiro atoms. The van der Waals surface area contributed by atoms with Crippen LogP contribution in [0.25, 0.3) is 0 Å². The Morgan fingerprint density at radius 1 is 1.07 bits per heavy atom. The fraction of sp³-hybridized carbons (Fsp3) is 0.650. The van der Waals surface area contributed by atoms with Crippen LogP contribution in [0, 0.1) is 5.92 Å². The van der Waals surface area contributed by atoms with Gasteiger partial charge in [-0.2, -0.15) is 4.31 Å². The molecule has 0 radical (unpaired) electrons. The van der Waals surface area contributed by atoms with E-state index in [9.17, 15) is 13.2 Å². The highest BCUT2D eigenvalue weighted by molar-refractivity contribution is 7.89. The molecule has 0 aliphatic carbocycles. The Balaban J connectivity index is 1.91. The summed E-state index contributed by atoms with van der Waals surface area (Å²) in [5.41, 5.74) is 1.16. The van der Waals surface area contributed by atoms with E-state index in [0.717, 1.165) is 12.0 Å². The molecular weight excluding hydrogens is 362 g/mol. The maximum Gasteiger partial charge on any atom is 0.243 e. The minimum Gasteiger partial charge on any atom is -0.355 e. The third kappa shape index (κ3) is 6.02. The van der Waals surface area contributed by atoms with Gasteiger partial charge in [-0.1, -0.05) is 39.8 Å². The van der Waals surface area contributed by atoms with Gasteiger partial charge in [-0.25, -0.2) is 8.42 Å². The van der Waals surface area contributed by atoms with Crippen molar-refractivity contribution in [3.8, 4) is 0 Å². The number of hydrogen-bond donors (Lipinski definition) is 1. The number of hydrogen-bond acceptors (Lipinski definition) is 4. The smallest absolute Gasteiger partial charge is 0.243 e. The van der Waals surface area contributed by atoms with E-state index in [2.05, 4.69) is 33.0 Å². The average Bonchev–Trinajstić information content (AvgIpc) is 2.66. The molecule has 152 valence electrons. The highest BCUT2D eigenvalue weighted by Crippen LogP contribution is 2.23. The number of benzene rings is 1. The summed E-state index contributed by atoms with van der Waals surface area (Å²) < 4.78 is 27.3. The van der Waals surface area contributed by atoms with E-state index in [-0.39, 0.29) is 5.91 Å². The van der Waals surface area contributed by atoms with Gasteiger partial charge < -0.3 is 5.32 Å². The van der Waals surface area contributed by atoms with E-state index in [0.29, 0.717) is 56.0 Å². The maximum absolute atomic E-state index is 12.9. The molecule has 27 heavy (non-hydrogen) atoms. The summed E-state index contributed by atoms with van der Waals surface area (Å²) in [5.74, 6) is 0.843. The SMILES string of the molecule is CC[C@@H](C)c1ccc(S(=O)(=O)N2CCN(CC(=O)NCC(C)C)CC2)cc1. The van der Waals surface area contributed by atoms with Gasteiger partial charge in [-0.3, -0.25) is 9.69 Å². The van der Waals surface area contributed by atoms with Crippen LogP contribution in [0.4, 0.5) is 0 Å². The Kier molecular flexibility index (Phi) is 7.82. The minimum atomic E-state index is -3.48. The van der Waals surface area contributed by atoms with Crippen LogP contribution in [0.5, 0.6) is 0 Å². The Hall–Kier alpha value is -1.44. The molecule has 1 aliphatic rings. The lowest BCUT2D eigenvalue weighted by molar-refractivity contribution is -0.122. The molecule has 6 nitrogen and oxygen atoms in total. The molecule has 0 saturated carbocycles. The first-order valence-electron chi connectivity index (χ1n) is 9.83. The van der Waals surface area contributed by atoms with Gasteiger partial charge in [0.1, 0.15) is 0 Å². The first-order chi connectivity index (χ1) is 12.7. The summed E-state index contributed by atoms with van der Waals surface area (Å²) in [6, 6.07) is 7.25. The molecule has 1 aromatic carbocycles. The highest BCUT2D eigenvalue weighted by Gasteiger charge is 2.29. The quantitative estimate of drug-likeness (QED) is 0.733. The number of piperazine rings is 1. The van der Waals surface area contributed by atoms with Gasteiger partial charge in [0.25, 0.3) is 0 Å². The van der Waals surface area contributed by atoms with Crippen LogP contribution >= 0.6 is 0 Å². The predicted octanol–water partition coefficient (Wildman–Crippen LogP) is 2.28. The van der Waals surface area contributed by atoms with E-state index in [1.807, 2.05) is 17.0 Å². The lowest BCUT2D eigenvalue weighted by Gasteiger charge is -2.33. The molecule has 1 aliphatic heterocycles. The summed E-state index contributed by atoms with van der Waals surface area (Å²) >= 11 is 0. The van der Waals surface area contributed by atoms with E-state index < -0.39 is 10.0 Å². The van der Waals surface area contributed by atoms with Crippen LogP contribution in [0.15, 0.2) is 29.2 Å². The molecule has 2 rings (SSSR count). The third-order valence-electron chi connectivity index (χ3n) is 5.11. The number of carbonyl (C=O) groups is 1. The topological polar surface area (TPSA) is 69.7 Å². The molecule has 1 saturated heterocycles. The van der Waals surface area contributed by atoms with Gasteiger partial charge in [0.05, 0.1) is 11.4 Å². The van der Waals surface area contributed by atoms with Crippen molar-refractivity contribution < 1.29 is 13.2 Å². The summed E-state index contributed by atoms with van der Waals surface area (Å²) in [4.78, 5) is 14.3. The molecule has 1 atom stereocenters. The van der Waals surface area contributed by atoms with Crippen LogP contribution in [-0.2, 0) is 14.8 Å². The molecule has 1 N–H and O–H groups in total. The summed E-state index contributed by atoms with van der Waals surface area (Å²) in [6.45, 7) is 11.3. The Bertz CT molecular complexity index is 708. The van der Waals surface area contributed by atoms with Crippen molar-refractivity contribution >= 4 is 15.9 Å². The van der Waals surface area contributed by atoms with Gasteiger partial charge in [0.15, 0.2) is 0 Å². The third-order valence-corrected chi connectivity index (χ3v) is 7.02. The van der Waals surface area contributed by atoms with Crippen molar-refractivity contribution in [2.24, 2.45) is 5.92 Å². The number of rotatable bonds is 8. The van der Waals surface area contributed by atoms with Crippen LogP contribution in [-0.4, -0.2) is 62.8 Å². The highest BCUT2D eigenvalue weighted by atomic mass is 32.2. The Labute approximate surface area is 164 Å². The van der Waals surface area contributed by atoms with Crippen LogP contribution in [0.1, 0.15) is 45.6 Å². The van der Waals surface area contributed by atoms with Crippen molar-refractivity contribution in [2.45, 2.75) is 44.9 Å². The second-order valence-electron chi connectivity index (χ2n) is 7.76. The monoisotopic (exact) mass is 395 g/mol. The lowest BCUT2D eigenvalue weighted by atomic mass is 9.99. The van der Waals surface area contributed by atoms with Crippen molar-refractivity contribution in [3.05, 3.63) is 29.8 Å². The Morgan fingerprint density at radius 2 is 1.67 bits per heavy atom. The normalized spacial score (nSPS) is 17.8. The second kappa shape index (κ2) is 9.66. The summed E-state index contributed by atoms with van der Waals surface area (Å²) in [6.07, 6.45) is 1.03. The minimum absolute atomic E-state index is 0.000592. The van der Waals surface area contributed by atoms with Gasteiger partial charge in [0.2, 0.25) is 15.9 Å². The van der Waals surface area contributed by atoms with E-state index in [1.54, 1.807) is 12.1 Å². The van der Waals surface area contributed by atoms with Crippen LogP contribution in [0.3, 0.4) is 0 Å². The fourth-order valence-electron chi connectivity index (χ4n) is 3.06. The van der Waals surface area contributed by atoms with Gasteiger partial charge in [-0.15, -0.1) is 0 Å². The number of carbonyl (C=O) groups excluding carboxylic acids is 1. The second-order valence-corrected chi connectivity index (χ2v) is 9.69. The van der Waals surface area contributed by atoms with Crippen LogP contribution < -0.4 is 5.32 Å². The predicted molar refractivity (Wildman–Crippen MR) is 108 cm³/mol. The fourth-order valence-corrected chi connectivity index (χ4v) is 4.48. The molecule has 1 amide bonds. The first-order valence-corrected chi connectivity index (χ1v) is 11.3. The molecule has 0 unspecified atom stereocenters. The van der Waals surface area contributed by atoms with Gasteiger partial charge in [0, 0.05) is 32.7 Å². The number of nitrogens with zero attached hydrogens (tertiary/aromatic N) is 2. The molecule has 1 heterocycles. The molecular formula is C20H33N3O3S. The van der Waals surface area contributed by atoms with Crippen molar-refractivity contribution in [1.82, 2.24) is 14.5 Å². The number of amides is 1. The van der Waals surface area contributed by atoms with Gasteiger partial charge >= 0.3 is 0 Å². The number of nitrogens with one attached hydrogen (secondary N) is 1. The zero-order valence-electron chi connectivity index (χ0n) is 16.9.